The Bertz CT molecular complexity index is 1200. The van der Waals surface area contributed by atoms with E-state index in [9.17, 15) is 0 Å². The molecule has 0 bridgehead atoms. The van der Waals surface area contributed by atoms with Crippen LogP contribution in [0.25, 0.3) is 10.8 Å². The lowest BCUT2D eigenvalue weighted by Crippen LogP contribution is -2.45. The Hall–Kier alpha value is -2.90. The number of anilines is 2. The summed E-state index contributed by atoms with van der Waals surface area (Å²) in [6.45, 7) is 9.68. The van der Waals surface area contributed by atoms with Gasteiger partial charge in [0.25, 0.3) is 0 Å². The molecule has 2 fully saturated rings. The molecular formula is C28H36N6O. The summed E-state index contributed by atoms with van der Waals surface area (Å²) in [5, 5.41) is 6.10. The maximum absolute atomic E-state index is 6.26. The number of hydrogen-bond donors (Lipinski definition) is 1. The van der Waals surface area contributed by atoms with Crippen molar-refractivity contribution in [1.82, 2.24) is 20.2 Å². The summed E-state index contributed by atoms with van der Waals surface area (Å²) in [5.41, 5.74) is 5.02. The number of hydrogen-bond acceptors (Lipinski definition) is 7. The molecule has 3 aliphatic rings. The van der Waals surface area contributed by atoms with Crippen molar-refractivity contribution in [3.05, 3.63) is 53.2 Å². The molecule has 7 heteroatoms. The quantitative estimate of drug-likeness (QED) is 0.611. The highest BCUT2D eigenvalue weighted by atomic mass is 16.5. The van der Waals surface area contributed by atoms with Crippen molar-refractivity contribution in [1.29, 1.82) is 0 Å². The molecule has 4 heterocycles. The van der Waals surface area contributed by atoms with Crippen molar-refractivity contribution in [3.63, 3.8) is 0 Å². The standard InChI is InChI=1S/C28H36N6O/c1-20-6-3-7-21-8-4-10-25(26(20)21)34-15-11-23-24(18-34)30-28(35-19-22-9-5-14-32(22)2)31-27(23)33-16-12-29-13-17-33/h3-4,6-8,10,22,29H,5,9,11-19H2,1-2H3/t22-/m1/s1. The first kappa shape index (κ1) is 22.6. The van der Waals surface area contributed by atoms with Gasteiger partial charge in [-0.05, 0) is 56.8 Å². The van der Waals surface area contributed by atoms with Crippen molar-refractivity contribution >= 4 is 22.3 Å². The van der Waals surface area contributed by atoms with E-state index < -0.39 is 0 Å². The minimum atomic E-state index is 0.451. The number of rotatable bonds is 5. The zero-order valence-corrected chi connectivity index (χ0v) is 21.0. The summed E-state index contributed by atoms with van der Waals surface area (Å²) in [6.07, 6.45) is 3.36. The van der Waals surface area contributed by atoms with Crippen molar-refractivity contribution in [3.8, 4) is 6.01 Å². The molecule has 1 aromatic heterocycles. The molecule has 2 saturated heterocycles. The molecule has 1 N–H and O–H groups in total. The SMILES string of the molecule is Cc1cccc2cccc(N3CCc4c(nc(OC[C@H]5CCCN5C)nc4N4CCNCC4)C3)c12. The molecule has 3 aliphatic heterocycles. The van der Waals surface area contributed by atoms with E-state index in [4.69, 9.17) is 14.7 Å². The fourth-order valence-corrected chi connectivity index (χ4v) is 5.93. The van der Waals surface area contributed by atoms with E-state index in [1.807, 2.05) is 0 Å². The Balaban J connectivity index is 1.33. The lowest BCUT2D eigenvalue weighted by atomic mass is 9.99. The summed E-state index contributed by atoms with van der Waals surface area (Å²) < 4.78 is 6.26. The molecule has 0 spiro atoms. The number of nitrogens with one attached hydrogen (secondary N) is 1. The van der Waals surface area contributed by atoms with Gasteiger partial charge in [-0.15, -0.1) is 0 Å². The van der Waals surface area contributed by atoms with Gasteiger partial charge in [0.2, 0.25) is 0 Å². The van der Waals surface area contributed by atoms with E-state index in [0.717, 1.165) is 63.7 Å². The third-order valence-corrected chi connectivity index (χ3v) is 7.95. The topological polar surface area (TPSA) is 56.8 Å². The second kappa shape index (κ2) is 9.63. The molecule has 0 saturated carbocycles. The van der Waals surface area contributed by atoms with Gasteiger partial charge in [0.1, 0.15) is 12.4 Å². The molecule has 2 aromatic carbocycles. The molecule has 35 heavy (non-hydrogen) atoms. The average molecular weight is 473 g/mol. The van der Waals surface area contributed by atoms with Crippen LogP contribution in [-0.2, 0) is 13.0 Å². The number of ether oxygens (including phenoxy) is 1. The first-order chi connectivity index (χ1) is 17.2. The molecule has 0 radical (unpaired) electrons. The van der Waals surface area contributed by atoms with Gasteiger partial charge >= 0.3 is 6.01 Å². The number of fused-ring (bicyclic) bond motifs is 2. The van der Waals surface area contributed by atoms with Crippen LogP contribution in [0.15, 0.2) is 36.4 Å². The Labute approximate surface area is 208 Å². The Morgan fingerprint density at radius 3 is 2.63 bits per heavy atom. The number of aromatic nitrogens is 2. The first-order valence-corrected chi connectivity index (χ1v) is 13.1. The fourth-order valence-electron chi connectivity index (χ4n) is 5.93. The van der Waals surface area contributed by atoms with Gasteiger partial charge in [-0.3, -0.25) is 0 Å². The van der Waals surface area contributed by atoms with E-state index >= 15 is 0 Å². The lowest BCUT2D eigenvalue weighted by Gasteiger charge is -2.35. The van der Waals surface area contributed by atoms with E-state index in [2.05, 4.69) is 70.4 Å². The van der Waals surface area contributed by atoms with Crippen LogP contribution in [0.1, 0.15) is 29.7 Å². The lowest BCUT2D eigenvalue weighted by molar-refractivity contribution is 0.187. The summed E-state index contributed by atoms with van der Waals surface area (Å²) in [5.74, 6) is 1.08. The van der Waals surface area contributed by atoms with Crippen LogP contribution in [0.3, 0.4) is 0 Å². The number of nitrogens with zero attached hydrogens (tertiary/aromatic N) is 5. The van der Waals surface area contributed by atoms with E-state index in [0.29, 0.717) is 18.7 Å². The number of piperazine rings is 1. The fraction of sp³-hybridized carbons (Fsp3) is 0.500. The predicted molar refractivity (Wildman–Crippen MR) is 142 cm³/mol. The molecule has 3 aromatic rings. The van der Waals surface area contributed by atoms with Crippen molar-refractivity contribution < 1.29 is 4.74 Å². The maximum atomic E-state index is 6.26. The van der Waals surface area contributed by atoms with Gasteiger partial charge < -0.3 is 24.8 Å². The summed E-state index contributed by atoms with van der Waals surface area (Å²) in [7, 11) is 2.19. The average Bonchev–Trinajstić information content (AvgIpc) is 3.31. The third-order valence-electron chi connectivity index (χ3n) is 7.95. The molecule has 0 amide bonds. The zero-order chi connectivity index (χ0) is 23.8. The Morgan fingerprint density at radius 2 is 1.83 bits per heavy atom. The molecular weight excluding hydrogens is 436 g/mol. The Morgan fingerprint density at radius 1 is 1.00 bits per heavy atom. The second-order valence-corrected chi connectivity index (χ2v) is 10.2. The van der Waals surface area contributed by atoms with Crippen molar-refractivity contribution in [2.75, 3.05) is 62.7 Å². The van der Waals surface area contributed by atoms with Crippen LogP contribution in [0, 0.1) is 6.92 Å². The second-order valence-electron chi connectivity index (χ2n) is 10.2. The normalized spacial score (nSPS) is 20.9. The number of likely N-dealkylation sites (tertiary alicyclic amines) is 1. The molecule has 0 unspecified atom stereocenters. The van der Waals surface area contributed by atoms with Gasteiger partial charge in [-0.1, -0.05) is 30.3 Å². The molecule has 184 valence electrons. The van der Waals surface area contributed by atoms with Gasteiger partial charge in [-0.25, -0.2) is 0 Å². The molecule has 1 atom stereocenters. The van der Waals surface area contributed by atoms with Gasteiger partial charge in [0, 0.05) is 55.4 Å². The smallest absolute Gasteiger partial charge is 0.318 e. The monoisotopic (exact) mass is 472 g/mol. The van der Waals surface area contributed by atoms with E-state index in [-0.39, 0.29) is 0 Å². The largest absolute Gasteiger partial charge is 0.462 e. The summed E-state index contributed by atoms with van der Waals surface area (Å²) in [6, 6.07) is 14.2. The first-order valence-electron chi connectivity index (χ1n) is 13.1. The highest BCUT2D eigenvalue weighted by molar-refractivity contribution is 5.97. The van der Waals surface area contributed by atoms with Crippen molar-refractivity contribution in [2.45, 2.75) is 38.8 Å². The number of aryl methyl sites for hydroxylation is 1. The van der Waals surface area contributed by atoms with Gasteiger partial charge in [0.05, 0.1) is 12.2 Å². The zero-order valence-electron chi connectivity index (χ0n) is 21.0. The van der Waals surface area contributed by atoms with Crippen molar-refractivity contribution in [2.24, 2.45) is 0 Å². The minimum Gasteiger partial charge on any atom is -0.462 e. The van der Waals surface area contributed by atoms with Crippen LogP contribution < -0.4 is 19.9 Å². The predicted octanol–water partition coefficient (Wildman–Crippen LogP) is 3.38. The van der Waals surface area contributed by atoms with E-state index in [1.54, 1.807) is 0 Å². The van der Waals surface area contributed by atoms with Crippen LogP contribution in [-0.4, -0.2) is 73.8 Å². The minimum absolute atomic E-state index is 0.451. The molecule has 6 rings (SSSR count). The number of benzene rings is 2. The van der Waals surface area contributed by atoms with Crippen LogP contribution in [0.5, 0.6) is 6.01 Å². The van der Waals surface area contributed by atoms with E-state index in [1.165, 1.54) is 40.4 Å². The van der Waals surface area contributed by atoms with Crippen LogP contribution in [0.2, 0.25) is 0 Å². The summed E-state index contributed by atoms with van der Waals surface area (Å²) >= 11 is 0. The summed E-state index contributed by atoms with van der Waals surface area (Å²) in [4.78, 5) is 17.3. The van der Waals surface area contributed by atoms with Crippen LogP contribution >= 0.6 is 0 Å². The van der Waals surface area contributed by atoms with Gasteiger partial charge in [-0.2, -0.15) is 9.97 Å². The third kappa shape index (κ3) is 4.43. The maximum Gasteiger partial charge on any atom is 0.318 e. The highest BCUT2D eigenvalue weighted by Crippen LogP contribution is 2.35. The molecule has 7 nitrogen and oxygen atoms in total. The van der Waals surface area contributed by atoms with Gasteiger partial charge in [0.15, 0.2) is 0 Å². The van der Waals surface area contributed by atoms with Crippen LogP contribution in [0.4, 0.5) is 11.5 Å². The highest BCUT2D eigenvalue weighted by Gasteiger charge is 2.28. The Kier molecular flexibility index (Phi) is 6.20. The molecule has 0 aliphatic carbocycles. The number of likely N-dealkylation sites (N-methyl/N-ethyl adjacent to an activating group) is 1.